The zero-order valence-corrected chi connectivity index (χ0v) is 12.1. The number of aryl methyl sites for hydroxylation is 1. The zero-order valence-electron chi connectivity index (χ0n) is 10.5. The van der Waals surface area contributed by atoms with Crippen LogP contribution >= 0.6 is 15.9 Å². The average molecular weight is 336 g/mol. The standard InChI is InChI=1S/C12H10BrN5O2/c1-17-9-8(10(19)16-12(17)20)18(11(13)15-9)6-7-3-2-4-14-5-7/h2-5H,6H2,1H3,(H,16,19,20). The van der Waals surface area contributed by atoms with E-state index in [9.17, 15) is 9.59 Å². The molecule has 3 aromatic heterocycles. The molecule has 0 unspecified atom stereocenters. The number of H-pyrrole nitrogens is 1. The van der Waals surface area contributed by atoms with Crippen molar-refractivity contribution in [3.05, 3.63) is 55.7 Å². The first-order valence-electron chi connectivity index (χ1n) is 5.82. The summed E-state index contributed by atoms with van der Waals surface area (Å²) in [5, 5.41) is 0. The van der Waals surface area contributed by atoms with Crippen LogP contribution in [0.1, 0.15) is 5.56 Å². The largest absolute Gasteiger partial charge is 0.329 e. The van der Waals surface area contributed by atoms with Gasteiger partial charge >= 0.3 is 5.69 Å². The third-order valence-corrected chi connectivity index (χ3v) is 3.63. The fourth-order valence-corrected chi connectivity index (χ4v) is 2.50. The molecule has 0 radical (unpaired) electrons. The molecule has 0 aromatic carbocycles. The van der Waals surface area contributed by atoms with E-state index in [0.29, 0.717) is 22.4 Å². The minimum Gasteiger partial charge on any atom is -0.308 e. The van der Waals surface area contributed by atoms with Gasteiger partial charge in [0.05, 0.1) is 6.54 Å². The highest BCUT2D eigenvalue weighted by atomic mass is 79.9. The Morgan fingerprint density at radius 3 is 2.90 bits per heavy atom. The van der Waals surface area contributed by atoms with Crippen LogP contribution in [0.5, 0.6) is 0 Å². The lowest BCUT2D eigenvalue weighted by molar-refractivity contribution is 0.788. The van der Waals surface area contributed by atoms with Crippen molar-refractivity contribution in [2.45, 2.75) is 6.54 Å². The maximum atomic E-state index is 12.0. The van der Waals surface area contributed by atoms with Crippen LogP contribution in [0.4, 0.5) is 0 Å². The van der Waals surface area contributed by atoms with Crippen LogP contribution in [-0.4, -0.2) is 24.1 Å². The molecule has 8 heteroatoms. The Hall–Kier alpha value is -2.22. The SMILES string of the molecule is Cn1c(=O)[nH]c(=O)c2c1nc(Br)n2Cc1cccnc1. The summed E-state index contributed by atoms with van der Waals surface area (Å²) in [4.78, 5) is 34.1. The molecule has 0 saturated carbocycles. The first kappa shape index (κ1) is 12.8. The van der Waals surface area contributed by atoms with Crippen LogP contribution < -0.4 is 11.2 Å². The molecule has 0 spiro atoms. The van der Waals surface area contributed by atoms with Gasteiger partial charge in [0.2, 0.25) is 0 Å². The lowest BCUT2D eigenvalue weighted by Gasteiger charge is -2.05. The van der Waals surface area contributed by atoms with E-state index in [0.717, 1.165) is 5.56 Å². The van der Waals surface area contributed by atoms with Gasteiger partial charge in [0, 0.05) is 19.4 Å². The van der Waals surface area contributed by atoms with Crippen molar-refractivity contribution in [2.75, 3.05) is 0 Å². The molecule has 0 aliphatic carbocycles. The van der Waals surface area contributed by atoms with Gasteiger partial charge in [-0.3, -0.25) is 19.3 Å². The maximum Gasteiger partial charge on any atom is 0.329 e. The molecule has 7 nitrogen and oxygen atoms in total. The Bertz CT molecular complexity index is 894. The normalized spacial score (nSPS) is 11.1. The van der Waals surface area contributed by atoms with E-state index in [1.807, 2.05) is 12.1 Å². The molecule has 1 N–H and O–H groups in total. The molecular weight excluding hydrogens is 326 g/mol. The molecule has 20 heavy (non-hydrogen) atoms. The number of hydrogen-bond acceptors (Lipinski definition) is 4. The summed E-state index contributed by atoms with van der Waals surface area (Å²) in [6.45, 7) is 0.437. The Morgan fingerprint density at radius 2 is 2.20 bits per heavy atom. The lowest BCUT2D eigenvalue weighted by Crippen LogP contribution is -2.29. The zero-order chi connectivity index (χ0) is 14.3. The van der Waals surface area contributed by atoms with E-state index in [1.54, 1.807) is 24.0 Å². The maximum absolute atomic E-state index is 12.0. The average Bonchev–Trinajstić information content (AvgIpc) is 2.75. The number of nitrogens with zero attached hydrogens (tertiary/aromatic N) is 4. The van der Waals surface area contributed by atoms with E-state index in [-0.39, 0.29) is 0 Å². The summed E-state index contributed by atoms with van der Waals surface area (Å²) < 4.78 is 3.49. The van der Waals surface area contributed by atoms with E-state index in [2.05, 4.69) is 30.9 Å². The van der Waals surface area contributed by atoms with Crippen molar-refractivity contribution in [3.63, 3.8) is 0 Å². The second kappa shape index (κ2) is 4.71. The minimum atomic E-state index is -0.485. The van der Waals surface area contributed by atoms with Gasteiger partial charge in [-0.1, -0.05) is 6.07 Å². The van der Waals surface area contributed by atoms with Gasteiger partial charge in [0.25, 0.3) is 5.56 Å². The third-order valence-electron chi connectivity index (χ3n) is 3.02. The molecule has 0 aliphatic rings. The molecule has 3 heterocycles. The Labute approximate surface area is 121 Å². The second-order valence-corrected chi connectivity index (χ2v) is 5.03. The molecule has 0 fully saturated rings. The topological polar surface area (TPSA) is 85.6 Å². The van der Waals surface area contributed by atoms with E-state index >= 15 is 0 Å². The summed E-state index contributed by atoms with van der Waals surface area (Å²) in [5.41, 5.74) is 0.685. The number of pyridine rings is 1. The summed E-state index contributed by atoms with van der Waals surface area (Å²) in [6, 6.07) is 3.73. The van der Waals surface area contributed by atoms with Crippen molar-refractivity contribution in [1.82, 2.24) is 24.1 Å². The van der Waals surface area contributed by atoms with Crippen molar-refractivity contribution in [1.29, 1.82) is 0 Å². The van der Waals surface area contributed by atoms with Crippen LogP contribution in [0.2, 0.25) is 0 Å². The fraction of sp³-hybridized carbons (Fsp3) is 0.167. The van der Waals surface area contributed by atoms with Crippen LogP contribution in [0.15, 0.2) is 38.8 Å². The van der Waals surface area contributed by atoms with Crippen molar-refractivity contribution >= 4 is 27.1 Å². The smallest absolute Gasteiger partial charge is 0.308 e. The van der Waals surface area contributed by atoms with E-state index < -0.39 is 11.2 Å². The number of halogens is 1. The first-order chi connectivity index (χ1) is 9.58. The van der Waals surface area contributed by atoms with Gasteiger partial charge in [0.15, 0.2) is 15.9 Å². The number of nitrogens with one attached hydrogen (secondary N) is 1. The van der Waals surface area contributed by atoms with Crippen molar-refractivity contribution < 1.29 is 0 Å². The summed E-state index contributed by atoms with van der Waals surface area (Å²) in [5.74, 6) is 0. The Morgan fingerprint density at radius 1 is 1.40 bits per heavy atom. The van der Waals surface area contributed by atoms with Crippen molar-refractivity contribution in [3.8, 4) is 0 Å². The second-order valence-electron chi connectivity index (χ2n) is 4.32. The van der Waals surface area contributed by atoms with Crippen LogP contribution in [-0.2, 0) is 13.6 Å². The Kier molecular flexibility index (Phi) is 3.01. The van der Waals surface area contributed by atoms with Gasteiger partial charge in [-0.15, -0.1) is 0 Å². The number of rotatable bonds is 2. The van der Waals surface area contributed by atoms with Crippen LogP contribution in [0.25, 0.3) is 11.2 Å². The lowest BCUT2D eigenvalue weighted by atomic mass is 10.3. The molecule has 0 aliphatic heterocycles. The number of hydrogen-bond donors (Lipinski definition) is 1. The fourth-order valence-electron chi connectivity index (χ4n) is 2.03. The molecule has 0 atom stereocenters. The van der Waals surface area contributed by atoms with E-state index in [1.165, 1.54) is 4.57 Å². The van der Waals surface area contributed by atoms with Gasteiger partial charge < -0.3 is 4.57 Å². The van der Waals surface area contributed by atoms with Gasteiger partial charge in [-0.25, -0.2) is 9.78 Å². The first-order valence-corrected chi connectivity index (χ1v) is 6.61. The molecular formula is C12H10BrN5O2. The molecule has 3 aromatic rings. The predicted octanol–water partition coefficient (Wildman–Crippen LogP) is 0.629. The molecule has 0 amide bonds. The number of aromatic amines is 1. The summed E-state index contributed by atoms with van der Waals surface area (Å²) >= 11 is 3.32. The molecule has 3 rings (SSSR count). The predicted molar refractivity (Wildman–Crippen MR) is 76.6 cm³/mol. The summed E-state index contributed by atoms with van der Waals surface area (Å²) in [6.07, 6.45) is 3.40. The summed E-state index contributed by atoms with van der Waals surface area (Å²) in [7, 11) is 1.56. The quantitative estimate of drug-likeness (QED) is 0.696. The number of fused-ring (bicyclic) bond motifs is 1. The highest BCUT2D eigenvalue weighted by Gasteiger charge is 2.15. The van der Waals surface area contributed by atoms with E-state index in [4.69, 9.17) is 0 Å². The minimum absolute atomic E-state index is 0.342. The monoisotopic (exact) mass is 335 g/mol. The number of imidazole rings is 1. The Balaban J connectivity index is 2.27. The van der Waals surface area contributed by atoms with Gasteiger partial charge in [-0.2, -0.15) is 0 Å². The third kappa shape index (κ3) is 1.97. The van der Waals surface area contributed by atoms with Crippen molar-refractivity contribution in [2.24, 2.45) is 7.05 Å². The molecule has 102 valence electrons. The van der Waals surface area contributed by atoms with Gasteiger partial charge in [-0.05, 0) is 27.6 Å². The highest BCUT2D eigenvalue weighted by molar-refractivity contribution is 9.10. The molecule has 0 bridgehead atoms. The highest BCUT2D eigenvalue weighted by Crippen LogP contribution is 2.17. The van der Waals surface area contributed by atoms with Crippen LogP contribution in [0, 0.1) is 0 Å². The van der Waals surface area contributed by atoms with Crippen LogP contribution in [0.3, 0.4) is 0 Å². The number of aromatic nitrogens is 5. The molecule has 0 saturated heterocycles. The van der Waals surface area contributed by atoms with Gasteiger partial charge in [0.1, 0.15) is 0 Å².